The Morgan fingerprint density at radius 1 is 0.964 bits per heavy atom. The van der Waals surface area contributed by atoms with Crippen LogP contribution in [0.5, 0.6) is 5.75 Å². The van der Waals surface area contributed by atoms with Gasteiger partial charge in [0.25, 0.3) is 0 Å². The molecule has 0 aliphatic heterocycles. The maximum atomic E-state index is 12.7. The Hall–Kier alpha value is -3.10. The van der Waals surface area contributed by atoms with Crippen LogP contribution in [0.25, 0.3) is 0 Å². The van der Waals surface area contributed by atoms with Gasteiger partial charge in [-0.15, -0.1) is 0 Å². The van der Waals surface area contributed by atoms with Gasteiger partial charge in [0.15, 0.2) is 0 Å². The van der Waals surface area contributed by atoms with E-state index in [2.05, 4.69) is 10.6 Å². The molecule has 0 radical (unpaired) electrons. The predicted octanol–water partition coefficient (Wildman–Crippen LogP) is 1.20. The zero-order valence-corrected chi connectivity index (χ0v) is 16.7. The van der Waals surface area contributed by atoms with E-state index in [-0.39, 0.29) is 25.5 Å². The molecule has 28 heavy (non-hydrogen) atoms. The standard InChI is InChI=1S/C19H26N2O7/c1-6-27-17(24)19(21-13(4)23,18(25)28-7-2)11-14-10-15(20-12(3)22)8-9-16(14)26-5/h8-10H,6-7,11H2,1-5H3,(H,20,22)(H,21,23). The molecule has 2 N–H and O–H groups in total. The van der Waals surface area contributed by atoms with Crippen molar-refractivity contribution in [1.82, 2.24) is 5.32 Å². The minimum Gasteiger partial charge on any atom is -0.496 e. The summed E-state index contributed by atoms with van der Waals surface area (Å²) < 4.78 is 15.4. The van der Waals surface area contributed by atoms with E-state index >= 15 is 0 Å². The topological polar surface area (TPSA) is 120 Å². The second-order valence-electron chi connectivity index (χ2n) is 5.91. The molecule has 0 atom stereocenters. The number of amides is 2. The van der Waals surface area contributed by atoms with Crippen LogP contribution in [0.1, 0.15) is 33.3 Å². The molecule has 9 heteroatoms. The van der Waals surface area contributed by atoms with Crippen LogP contribution in [0, 0.1) is 0 Å². The third-order valence-corrected chi connectivity index (χ3v) is 3.69. The van der Waals surface area contributed by atoms with Crippen LogP contribution in [-0.4, -0.2) is 49.6 Å². The van der Waals surface area contributed by atoms with Crippen molar-refractivity contribution in [3.63, 3.8) is 0 Å². The Bertz CT molecular complexity index is 728. The summed E-state index contributed by atoms with van der Waals surface area (Å²) in [6, 6.07) is 4.74. The SMILES string of the molecule is CCOC(=O)C(Cc1cc(NC(C)=O)ccc1OC)(NC(C)=O)C(=O)OCC. The van der Waals surface area contributed by atoms with Gasteiger partial charge in [0, 0.05) is 26.0 Å². The molecule has 0 unspecified atom stereocenters. The number of hydrogen-bond acceptors (Lipinski definition) is 7. The van der Waals surface area contributed by atoms with E-state index in [0.717, 1.165) is 0 Å². The van der Waals surface area contributed by atoms with Crippen LogP contribution in [0.15, 0.2) is 18.2 Å². The molecule has 0 saturated carbocycles. The number of esters is 2. The molecule has 0 aliphatic rings. The lowest BCUT2D eigenvalue weighted by atomic mass is 9.89. The van der Waals surface area contributed by atoms with Crippen LogP contribution in [0.3, 0.4) is 0 Å². The average Bonchev–Trinajstić information content (AvgIpc) is 2.60. The first-order valence-electron chi connectivity index (χ1n) is 8.77. The van der Waals surface area contributed by atoms with E-state index in [1.807, 2.05) is 0 Å². The highest BCUT2D eigenvalue weighted by molar-refractivity contribution is 6.08. The Labute approximate surface area is 163 Å². The predicted molar refractivity (Wildman–Crippen MR) is 101 cm³/mol. The number of rotatable bonds is 9. The average molecular weight is 394 g/mol. The van der Waals surface area contributed by atoms with Crippen molar-refractivity contribution >= 4 is 29.4 Å². The van der Waals surface area contributed by atoms with Crippen molar-refractivity contribution in [3.05, 3.63) is 23.8 Å². The number of nitrogens with one attached hydrogen (secondary N) is 2. The van der Waals surface area contributed by atoms with Crippen LogP contribution in [0.4, 0.5) is 5.69 Å². The Morgan fingerprint density at radius 3 is 1.96 bits per heavy atom. The zero-order valence-electron chi connectivity index (χ0n) is 16.7. The maximum Gasteiger partial charge on any atom is 0.344 e. The van der Waals surface area contributed by atoms with E-state index in [4.69, 9.17) is 14.2 Å². The molecule has 0 saturated heterocycles. The van der Waals surface area contributed by atoms with Crippen molar-refractivity contribution in [2.45, 2.75) is 39.7 Å². The second-order valence-corrected chi connectivity index (χ2v) is 5.91. The maximum absolute atomic E-state index is 12.7. The largest absolute Gasteiger partial charge is 0.496 e. The van der Waals surface area contributed by atoms with Gasteiger partial charge in [-0.2, -0.15) is 0 Å². The first kappa shape index (κ1) is 22.9. The van der Waals surface area contributed by atoms with E-state index in [0.29, 0.717) is 17.0 Å². The van der Waals surface area contributed by atoms with Gasteiger partial charge in [0.1, 0.15) is 5.75 Å². The number of anilines is 1. The van der Waals surface area contributed by atoms with Crippen LogP contribution in [-0.2, 0) is 35.1 Å². The minimum absolute atomic E-state index is 0.00262. The van der Waals surface area contributed by atoms with Crippen molar-refractivity contribution < 1.29 is 33.4 Å². The number of carbonyl (C=O) groups is 4. The third kappa shape index (κ3) is 5.70. The fourth-order valence-corrected chi connectivity index (χ4v) is 2.67. The molecule has 1 aromatic rings. The Balaban J connectivity index is 3.52. The second kappa shape index (κ2) is 10.3. The van der Waals surface area contributed by atoms with E-state index in [1.165, 1.54) is 21.0 Å². The van der Waals surface area contributed by atoms with Crippen LogP contribution >= 0.6 is 0 Å². The normalized spacial score (nSPS) is 10.6. The Morgan fingerprint density at radius 2 is 1.54 bits per heavy atom. The van der Waals surface area contributed by atoms with Gasteiger partial charge in [-0.1, -0.05) is 0 Å². The monoisotopic (exact) mass is 394 g/mol. The zero-order chi connectivity index (χ0) is 21.3. The lowest BCUT2D eigenvalue weighted by Gasteiger charge is -2.30. The Kier molecular flexibility index (Phi) is 8.43. The molecule has 0 heterocycles. The number of methoxy groups -OCH3 is 1. The highest BCUT2D eigenvalue weighted by Gasteiger charge is 2.50. The molecule has 0 aromatic heterocycles. The third-order valence-electron chi connectivity index (χ3n) is 3.69. The molecule has 0 aliphatic carbocycles. The highest BCUT2D eigenvalue weighted by atomic mass is 16.6. The molecular weight excluding hydrogens is 368 g/mol. The fraction of sp³-hybridized carbons (Fsp3) is 0.474. The molecule has 0 bridgehead atoms. The summed E-state index contributed by atoms with van der Waals surface area (Å²) in [5, 5.41) is 5.01. The van der Waals surface area contributed by atoms with Crippen molar-refractivity contribution in [1.29, 1.82) is 0 Å². The lowest BCUT2D eigenvalue weighted by Crippen LogP contribution is -2.62. The van der Waals surface area contributed by atoms with Crippen molar-refractivity contribution in [2.75, 3.05) is 25.6 Å². The van der Waals surface area contributed by atoms with Crippen molar-refractivity contribution in [3.8, 4) is 5.75 Å². The summed E-state index contributed by atoms with van der Waals surface area (Å²) in [6.45, 7) is 5.70. The quantitative estimate of drug-likeness (QED) is 0.477. The smallest absolute Gasteiger partial charge is 0.344 e. The summed E-state index contributed by atoms with van der Waals surface area (Å²) in [5.74, 6) is -2.44. The number of ether oxygens (including phenoxy) is 3. The van der Waals surface area contributed by atoms with Gasteiger partial charge < -0.3 is 24.8 Å². The molecular formula is C19H26N2O7. The summed E-state index contributed by atoms with van der Waals surface area (Å²) >= 11 is 0. The molecule has 1 rings (SSSR count). The first-order chi connectivity index (χ1) is 13.2. The van der Waals surface area contributed by atoms with Gasteiger partial charge in [0.2, 0.25) is 17.4 Å². The lowest BCUT2D eigenvalue weighted by molar-refractivity contribution is -0.168. The minimum atomic E-state index is -2.10. The molecule has 1 aromatic carbocycles. The van der Waals surface area contributed by atoms with Gasteiger partial charge >= 0.3 is 11.9 Å². The number of hydrogen-bond donors (Lipinski definition) is 2. The first-order valence-corrected chi connectivity index (χ1v) is 8.77. The van der Waals surface area contributed by atoms with E-state index in [9.17, 15) is 19.2 Å². The van der Waals surface area contributed by atoms with Crippen LogP contribution in [0.2, 0.25) is 0 Å². The summed E-state index contributed by atoms with van der Waals surface area (Å²) in [6.07, 6.45) is -0.291. The summed E-state index contributed by atoms with van der Waals surface area (Å²) in [4.78, 5) is 48.6. The molecule has 154 valence electrons. The van der Waals surface area contributed by atoms with E-state index < -0.39 is 23.4 Å². The molecule has 9 nitrogen and oxygen atoms in total. The number of benzene rings is 1. The molecule has 2 amide bonds. The molecule has 0 fully saturated rings. The summed E-state index contributed by atoms with van der Waals surface area (Å²) in [7, 11) is 1.42. The van der Waals surface area contributed by atoms with Gasteiger partial charge in [-0.05, 0) is 37.6 Å². The molecule has 0 spiro atoms. The van der Waals surface area contributed by atoms with Gasteiger partial charge in [-0.25, -0.2) is 9.59 Å². The van der Waals surface area contributed by atoms with Crippen LogP contribution < -0.4 is 15.4 Å². The number of carbonyl (C=O) groups excluding carboxylic acids is 4. The van der Waals surface area contributed by atoms with Gasteiger partial charge in [-0.3, -0.25) is 9.59 Å². The summed E-state index contributed by atoms with van der Waals surface area (Å²) in [5.41, 5.74) is -1.27. The van der Waals surface area contributed by atoms with E-state index in [1.54, 1.807) is 32.0 Å². The van der Waals surface area contributed by atoms with Crippen molar-refractivity contribution in [2.24, 2.45) is 0 Å². The fourth-order valence-electron chi connectivity index (χ4n) is 2.67. The highest BCUT2D eigenvalue weighted by Crippen LogP contribution is 2.28. The van der Waals surface area contributed by atoms with Gasteiger partial charge in [0.05, 0.1) is 20.3 Å².